The third-order valence-electron chi connectivity index (χ3n) is 4.00. The molecule has 2 fully saturated rings. The number of hydrogen-bond acceptors (Lipinski definition) is 5. The molecule has 3 rings (SSSR count). The van der Waals surface area contributed by atoms with Crippen LogP contribution in [-0.2, 0) is 0 Å². The summed E-state index contributed by atoms with van der Waals surface area (Å²) in [6, 6.07) is 2.06. The smallest absolute Gasteiger partial charge is 0.134 e. The van der Waals surface area contributed by atoms with Crippen molar-refractivity contribution in [2.75, 3.05) is 50.0 Å². The van der Waals surface area contributed by atoms with E-state index in [1.165, 1.54) is 13.1 Å². The molecule has 98 valence electrons. The van der Waals surface area contributed by atoms with Crippen LogP contribution in [0.15, 0.2) is 12.4 Å². The average molecular weight is 247 g/mol. The van der Waals surface area contributed by atoms with Crippen LogP contribution < -0.4 is 10.2 Å². The van der Waals surface area contributed by atoms with Crippen LogP contribution in [0, 0.1) is 11.8 Å². The number of fused-ring (bicyclic) bond motifs is 1. The summed E-state index contributed by atoms with van der Waals surface area (Å²) in [5.74, 6) is 3.62. The number of likely N-dealkylation sites (tertiary alicyclic amines) is 1. The second kappa shape index (κ2) is 4.72. The number of nitrogens with zero attached hydrogens (tertiary/aromatic N) is 4. The highest BCUT2D eigenvalue weighted by atomic mass is 15.3. The van der Waals surface area contributed by atoms with E-state index in [9.17, 15) is 0 Å². The molecule has 0 radical (unpaired) electrons. The Labute approximate surface area is 108 Å². The summed E-state index contributed by atoms with van der Waals surface area (Å²) in [6.07, 6.45) is 1.66. The molecule has 0 aromatic carbocycles. The summed E-state index contributed by atoms with van der Waals surface area (Å²) in [6.45, 7) is 7.71. The highest BCUT2D eigenvalue weighted by Gasteiger charge is 2.39. The topological polar surface area (TPSA) is 44.3 Å². The van der Waals surface area contributed by atoms with Gasteiger partial charge in [0, 0.05) is 38.8 Å². The molecule has 2 unspecified atom stereocenters. The van der Waals surface area contributed by atoms with Crippen molar-refractivity contribution in [3.63, 3.8) is 0 Å². The first kappa shape index (κ1) is 11.7. The molecule has 18 heavy (non-hydrogen) atoms. The minimum Gasteiger partial charge on any atom is -0.370 e. The van der Waals surface area contributed by atoms with Crippen molar-refractivity contribution < 1.29 is 0 Å². The molecular formula is C13H21N5. The quantitative estimate of drug-likeness (QED) is 0.860. The zero-order chi connectivity index (χ0) is 12.5. The summed E-state index contributed by atoms with van der Waals surface area (Å²) in [5, 5.41) is 3.24. The molecule has 0 aliphatic carbocycles. The van der Waals surface area contributed by atoms with Gasteiger partial charge in [-0.25, -0.2) is 9.97 Å². The Balaban J connectivity index is 1.71. The maximum atomic E-state index is 4.41. The van der Waals surface area contributed by atoms with Gasteiger partial charge >= 0.3 is 0 Å². The van der Waals surface area contributed by atoms with Gasteiger partial charge in [0.1, 0.15) is 18.0 Å². The van der Waals surface area contributed by atoms with E-state index in [0.29, 0.717) is 0 Å². The molecular weight excluding hydrogens is 226 g/mol. The second-order valence-corrected chi connectivity index (χ2v) is 5.44. The highest BCUT2D eigenvalue weighted by molar-refractivity contribution is 5.49. The lowest BCUT2D eigenvalue weighted by molar-refractivity contribution is 0.387. The van der Waals surface area contributed by atoms with Gasteiger partial charge in [0.15, 0.2) is 0 Å². The largest absolute Gasteiger partial charge is 0.370 e. The third-order valence-corrected chi connectivity index (χ3v) is 4.00. The van der Waals surface area contributed by atoms with Crippen LogP contribution in [0.25, 0.3) is 0 Å². The molecule has 0 saturated carbocycles. The van der Waals surface area contributed by atoms with Gasteiger partial charge in [-0.2, -0.15) is 0 Å². The number of aromatic nitrogens is 2. The van der Waals surface area contributed by atoms with Crippen LogP contribution >= 0.6 is 0 Å². The molecule has 0 bridgehead atoms. The molecule has 2 atom stereocenters. The summed E-state index contributed by atoms with van der Waals surface area (Å²) in [7, 11) is 2.22. The Hall–Kier alpha value is -1.36. The molecule has 0 amide bonds. The van der Waals surface area contributed by atoms with Gasteiger partial charge in [-0.15, -0.1) is 0 Å². The Morgan fingerprint density at radius 2 is 1.94 bits per heavy atom. The van der Waals surface area contributed by atoms with E-state index >= 15 is 0 Å². The summed E-state index contributed by atoms with van der Waals surface area (Å²) >= 11 is 0. The molecule has 1 aromatic heterocycles. The summed E-state index contributed by atoms with van der Waals surface area (Å²) < 4.78 is 0. The van der Waals surface area contributed by atoms with Gasteiger partial charge in [-0.1, -0.05) is 0 Å². The predicted molar refractivity (Wildman–Crippen MR) is 72.9 cm³/mol. The van der Waals surface area contributed by atoms with E-state index in [4.69, 9.17) is 0 Å². The van der Waals surface area contributed by atoms with E-state index in [1.807, 2.05) is 0 Å². The van der Waals surface area contributed by atoms with Crippen molar-refractivity contribution in [1.82, 2.24) is 14.9 Å². The Kier molecular flexibility index (Phi) is 3.07. The van der Waals surface area contributed by atoms with Gasteiger partial charge < -0.3 is 15.1 Å². The van der Waals surface area contributed by atoms with E-state index in [-0.39, 0.29) is 0 Å². The zero-order valence-corrected chi connectivity index (χ0v) is 11.1. The Bertz CT molecular complexity index is 408. The molecule has 5 heteroatoms. The first-order chi connectivity index (χ1) is 8.76. The van der Waals surface area contributed by atoms with Crippen LogP contribution in [0.5, 0.6) is 0 Å². The Morgan fingerprint density at radius 3 is 2.61 bits per heavy atom. The first-order valence-corrected chi connectivity index (χ1v) is 6.75. The van der Waals surface area contributed by atoms with Crippen LogP contribution in [0.3, 0.4) is 0 Å². The number of rotatable bonds is 3. The van der Waals surface area contributed by atoms with Crippen LogP contribution in [0.4, 0.5) is 11.6 Å². The monoisotopic (exact) mass is 247 g/mol. The molecule has 1 aromatic rings. The number of nitrogens with one attached hydrogen (secondary N) is 1. The zero-order valence-electron chi connectivity index (χ0n) is 11.1. The van der Waals surface area contributed by atoms with E-state index < -0.39 is 0 Å². The fourth-order valence-electron chi connectivity index (χ4n) is 3.21. The van der Waals surface area contributed by atoms with Crippen molar-refractivity contribution >= 4 is 11.6 Å². The lowest BCUT2D eigenvalue weighted by atomic mass is 10.0. The van der Waals surface area contributed by atoms with Gasteiger partial charge in [-0.05, 0) is 25.8 Å². The third kappa shape index (κ3) is 2.14. The van der Waals surface area contributed by atoms with Crippen LogP contribution in [-0.4, -0.2) is 54.6 Å². The van der Waals surface area contributed by atoms with Gasteiger partial charge in [0.2, 0.25) is 0 Å². The van der Waals surface area contributed by atoms with E-state index in [0.717, 1.165) is 43.1 Å². The van der Waals surface area contributed by atoms with Crippen molar-refractivity contribution in [3.8, 4) is 0 Å². The standard InChI is InChI=1S/C13H21N5/c1-3-14-12-4-13(16-9-15-12)18-7-10-5-17(2)6-11(10)8-18/h4,9-11H,3,5-8H2,1-2H3,(H,14,15,16). The second-order valence-electron chi connectivity index (χ2n) is 5.44. The first-order valence-electron chi connectivity index (χ1n) is 6.75. The molecule has 3 heterocycles. The lowest BCUT2D eigenvalue weighted by Crippen LogP contribution is -2.27. The molecule has 5 nitrogen and oxygen atoms in total. The normalized spacial score (nSPS) is 27.6. The fourth-order valence-corrected chi connectivity index (χ4v) is 3.21. The van der Waals surface area contributed by atoms with Crippen molar-refractivity contribution in [1.29, 1.82) is 0 Å². The van der Waals surface area contributed by atoms with Gasteiger partial charge in [0.25, 0.3) is 0 Å². The summed E-state index contributed by atoms with van der Waals surface area (Å²) in [5.41, 5.74) is 0. The van der Waals surface area contributed by atoms with Crippen LogP contribution in [0.1, 0.15) is 6.92 Å². The van der Waals surface area contributed by atoms with E-state index in [2.05, 4.69) is 45.1 Å². The maximum Gasteiger partial charge on any atom is 0.134 e. The molecule has 1 N–H and O–H groups in total. The fraction of sp³-hybridized carbons (Fsp3) is 0.692. The maximum absolute atomic E-state index is 4.41. The van der Waals surface area contributed by atoms with Gasteiger partial charge in [0.05, 0.1) is 0 Å². The lowest BCUT2D eigenvalue weighted by Gasteiger charge is -2.20. The number of hydrogen-bond donors (Lipinski definition) is 1. The molecule has 0 spiro atoms. The highest BCUT2D eigenvalue weighted by Crippen LogP contribution is 2.32. The molecule has 2 saturated heterocycles. The minimum atomic E-state index is 0.813. The average Bonchev–Trinajstić information content (AvgIpc) is 2.87. The van der Waals surface area contributed by atoms with Crippen LogP contribution in [0.2, 0.25) is 0 Å². The minimum absolute atomic E-state index is 0.813. The SMILES string of the molecule is CCNc1cc(N2CC3CN(C)CC3C2)ncn1. The summed E-state index contributed by atoms with van der Waals surface area (Å²) in [4.78, 5) is 13.5. The molecule has 2 aliphatic rings. The van der Waals surface area contributed by atoms with Gasteiger partial charge in [-0.3, -0.25) is 0 Å². The van der Waals surface area contributed by atoms with Crippen molar-refractivity contribution in [3.05, 3.63) is 12.4 Å². The predicted octanol–water partition coefficient (Wildman–Crippen LogP) is 0.906. The van der Waals surface area contributed by atoms with E-state index in [1.54, 1.807) is 6.33 Å². The number of anilines is 2. The van der Waals surface area contributed by atoms with Crippen molar-refractivity contribution in [2.24, 2.45) is 11.8 Å². The Morgan fingerprint density at radius 1 is 1.22 bits per heavy atom. The van der Waals surface area contributed by atoms with Crippen molar-refractivity contribution in [2.45, 2.75) is 6.92 Å². The molecule has 2 aliphatic heterocycles.